The number of nitrogens with one attached hydrogen (secondary N) is 1. The van der Waals surface area contributed by atoms with Crippen molar-refractivity contribution in [2.75, 3.05) is 7.11 Å². The number of hydrazone groups is 1. The van der Waals surface area contributed by atoms with Crippen LogP contribution in [0.3, 0.4) is 0 Å². The van der Waals surface area contributed by atoms with E-state index in [4.69, 9.17) is 9.15 Å². The van der Waals surface area contributed by atoms with Crippen LogP contribution >= 0.6 is 22.6 Å². The molecule has 0 saturated carbocycles. The first-order valence-electron chi connectivity index (χ1n) is 9.02. The van der Waals surface area contributed by atoms with E-state index in [1.165, 1.54) is 13.3 Å². The van der Waals surface area contributed by atoms with Crippen LogP contribution in [0.15, 0.2) is 39.9 Å². The third-order valence-electron chi connectivity index (χ3n) is 4.92. The van der Waals surface area contributed by atoms with Gasteiger partial charge in [-0.25, -0.2) is 5.43 Å². The second-order valence-electron chi connectivity index (χ2n) is 6.60. The number of fused-ring (bicyclic) bond motifs is 3. The second-order valence-corrected chi connectivity index (χ2v) is 7.77. The van der Waals surface area contributed by atoms with Gasteiger partial charge in [0.05, 0.1) is 22.5 Å². The van der Waals surface area contributed by atoms with Crippen molar-refractivity contribution in [2.45, 2.75) is 25.7 Å². The molecule has 0 unspecified atom stereocenters. The summed E-state index contributed by atoms with van der Waals surface area (Å²) in [6, 6.07) is 8.77. The standard InChI is InChI=1S/C21H19IN2O4/c1-27-16-8-4-3-7-13(16)21(26)24-23-11-14-19-12-6-2-5-9-17(12)28-18(19)10-15(22)20(14)25/h3-4,7-8,10-11,25H,2,5-6,9H2,1H3,(H,24,26)/b23-11+. The van der Waals surface area contributed by atoms with Gasteiger partial charge >= 0.3 is 0 Å². The normalized spacial score (nSPS) is 13.6. The zero-order chi connectivity index (χ0) is 19.7. The highest BCUT2D eigenvalue weighted by molar-refractivity contribution is 14.1. The Labute approximate surface area is 175 Å². The molecule has 1 aliphatic carbocycles. The van der Waals surface area contributed by atoms with Crippen molar-refractivity contribution in [1.82, 2.24) is 5.43 Å². The van der Waals surface area contributed by atoms with Gasteiger partial charge in [0, 0.05) is 22.9 Å². The summed E-state index contributed by atoms with van der Waals surface area (Å²) in [6.07, 6.45) is 5.50. The molecule has 7 heteroatoms. The first-order valence-corrected chi connectivity index (χ1v) is 10.1. The fraction of sp³-hybridized carbons (Fsp3) is 0.238. The lowest BCUT2D eigenvalue weighted by molar-refractivity contribution is 0.0952. The van der Waals surface area contributed by atoms with Gasteiger partial charge in [0.2, 0.25) is 0 Å². The summed E-state index contributed by atoms with van der Waals surface area (Å²) in [4.78, 5) is 12.4. The van der Waals surface area contributed by atoms with Crippen LogP contribution in [-0.4, -0.2) is 24.3 Å². The minimum atomic E-state index is -0.385. The number of hydrogen-bond donors (Lipinski definition) is 2. The number of phenolic OH excluding ortho intramolecular Hbond substituents is 1. The minimum absolute atomic E-state index is 0.137. The number of benzene rings is 2. The molecule has 0 bridgehead atoms. The number of phenols is 1. The number of halogens is 1. The van der Waals surface area contributed by atoms with Gasteiger partial charge in [0.15, 0.2) is 0 Å². The lowest BCUT2D eigenvalue weighted by atomic mass is 9.94. The third kappa shape index (κ3) is 3.34. The van der Waals surface area contributed by atoms with Crippen molar-refractivity contribution in [1.29, 1.82) is 0 Å². The van der Waals surface area contributed by atoms with Gasteiger partial charge in [0.25, 0.3) is 5.91 Å². The topological polar surface area (TPSA) is 84.1 Å². The fourth-order valence-corrected chi connectivity index (χ4v) is 4.16. The van der Waals surface area contributed by atoms with Gasteiger partial charge in [-0.15, -0.1) is 0 Å². The van der Waals surface area contributed by atoms with E-state index in [0.717, 1.165) is 48.0 Å². The van der Waals surface area contributed by atoms with Crippen molar-refractivity contribution in [3.63, 3.8) is 0 Å². The Kier molecular flexibility index (Phi) is 5.25. The molecule has 144 valence electrons. The molecule has 3 aromatic rings. The molecule has 0 aliphatic heterocycles. The molecular formula is C21H19IN2O4. The van der Waals surface area contributed by atoms with Crippen molar-refractivity contribution < 1.29 is 19.1 Å². The van der Waals surface area contributed by atoms with Crippen LogP contribution in [0, 0.1) is 3.57 Å². The summed E-state index contributed by atoms with van der Waals surface area (Å²) in [5.74, 6) is 1.20. The molecule has 1 amide bonds. The summed E-state index contributed by atoms with van der Waals surface area (Å²) < 4.78 is 11.9. The number of rotatable bonds is 4. The SMILES string of the molecule is COc1ccccc1C(=O)N/N=C/c1c(O)c(I)cc2oc3c(c12)CCCC3. The zero-order valence-electron chi connectivity index (χ0n) is 15.3. The predicted octanol–water partition coefficient (Wildman–Crippen LogP) is 4.39. The van der Waals surface area contributed by atoms with Gasteiger partial charge in [-0.3, -0.25) is 4.79 Å². The quantitative estimate of drug-likeness (QED) is 0.323. The van der Waals surface area contributed by atoms with E-state index < -0.39 is 0 Å². The number of aromatic hydroxyl groups is 1. The Bertz CT molecular complexity index is 1090. The van der Waals surface area contributed by atoms with Gasteiger partial charge in [0.1, 0.15) is 22.8 Å². The highest BCUT2D eigenvalue weighted by atomic mass is 127. The molecule has 0 radical (unpaired) electrons. The number of methoxy groups -OCH3 is 1. The zero-order valence-corrected chi connectivity index (χ0v) is 17.4. The molecule has 0 fully saturated rings. The third-order valence-corrected chi connectivity index (χ3v) is 5.74. The lowest BCUT2D eigenvalue weighted by Crippen LogP contribution is -2.18. The molecule has 1 aromatic heterocycles. The summed E-state index contributed by atoms with van der Waals surface area (Å²) >= 11 is 2.07. The molecule has 1 aliphatic rings. The Morgan fingerprint density at radius 3 is 2.93 bits per heavy atom. The van der Waals surface area contributed by atoms with Crippen LogP contribution < -0.4 is 10.2 Å². The number of carbonyl (C=O) groups excluding carboxylic acids is 1. The predicted molar refractivity (Wildman–Crippen MR) is 115 cm³/mol. The van der Waals surface area contributed by atoms with Crippen LogP contribution in [-0.2, 0) is 12.8 Å². The molecule has 2 aromatic carbocycles. The van der Waals surface area contributed by atoms with Crippen LogP contribution in [0.1, 0.15) is 40.1 Å². The summed E-state index contributed by atoms with van der Waals surface area (Å²) in [6.45, 7) is 0. The number of aryl methyl sites for hydroxylation is 2. The highest BCUT2D eigenvalue weighted by Gasteiger charge is 2.23. The average Bonchev–Trinajstić information content (AvgIpc) is 3.08. The number of furan rings is 1. The summed E-state index contributed by atoms with van der Waals surface area (Å²) in [7, 11) is 1.51. The maximum atomic E-state index is 12.4. The van der Waals surface area contributed by atoms with E-state index in [-0.39, 0.29) is 11.7 Å². The Morgan fingerprint density at radius 1 is 1.32 bits per heavy atom. The van der Waals surface area contributed by atoms with Crippen LogP contribution in [0.25, 0.3) is 11.0 Å². The molecule has 0 atom stereocenters. The van der Waals surface area contributed by atoms with E-state index in [2.05, 4.69) is 33.1 Å². The lowest BCUT2D eigenvalue weighted by Gasteiger charge is -2.10. The van der Waals surface area contributed by atoms with Crippen molar-refractivity contribution >= 4 is 45.7 Å². The van der Waals surface area contributed by atoms with Crippen molar-refractivity contribution in [3.8, 4) is 11.5 Å². The Hall–Kier alpha value is -2.55. The molecule has 1 heterocycles. The molecule has 28 heavy (non-hydrogen) atoms. The van der Waals surface area contributed by atoms with Gasteiger partial charge in [-0.1, -0.05) is 12.1 Å². The van der Waals surface area contributed by atoms with Crippen molar-refractivity contribution in [2.24, 2.45) is 5.10 Å². The van der Waals surface area contributed by atoms with E-state index in [0.29, 0.717) is 20.4 Å². The van der Waals surface area contributed by atoms with Crippen molar-refractivity contribution in [3.05, 3.63) is 56.4 Å². The number of para-hydroxylation sites is 1. The molecule has 2 N–H and O–H groups in total. The number of ether oxygens (including phenoxy) is 1. The van der Waals surface area contributed by atoms with Crippen LogP contribution in [0.4, 0.5) is 0 Å². The number of nitrogens with zero attached hydrogens (tertiary/aromatic N) is 1. The first kappa shape index (κ1) is 18.8. The maximum Gasteiger partial charge on any atom is 0.275 e. The molecule has 6 nitrogen and oxygen atoms in total. The first-order chi connectivity index (χ1) is 13.6. The Morgan fingerprint density at radius 2 is 2.11 bits per heavy atom. The monoisotopic (exact) mass is 490 g/mol. The number of amides is 1. The van der Waals surface area contributed by atoms with E-state index >= 15 is 0 Å². The maximum absolute atomic E-state index is 12.4. The van der Waals surface area contributed by atoms with Gasteiger partial charge in [-0.05, 0) is 60.1 Å². The largest absolute Gasteiger partial charge is 0.506 e. The van der Waals surface area contributed by atoms with Crippen LogP contribution in [0.5, 0.6) is 11.5 Å². The van der Waals surface area contributed by atoms with E-state index in [1.54, 1.807) is 24.3 Å². The fourth-order valence-electron chi connectivity index (χ4n) is 3.59. The molecule has 0 saturated heterocycles. The average molecular weight is 490 g/mol. The van der Waals surface area contributed by atoms with E-state index in [9.17, 15) is 9.90 Å². The number of carbonyl (C=O) groups is 1. The van der Waals surface area contributed by atoms with Crippen LogP contribution in [0.2, 0.25) is 0 Å². The Balaban J connectivity index is 1.68. The molecule has 4 rings (SSSR count). The summed E-state index contributed by atoms with van der Waals surface area (Å²) in [5.41, 5.74) is 5.34. The second kappa shape index (κ2) is 7.83. The summed E-state index contributed by atoms with van der Waals surface area (Å²) in [5, 5.41) is 15.6. The molecule has 0 spiro atoms. The smallest absolute Gasteiger partial charge is 0.275 e. The van der Waals surface area contributed by atoms with E-state index in [1.807, 2.05) is 6.07 Å². The van der Waals surface area contributed by atoms with Gasteiger partial charge in [-0.2, -0.15) is 5.10 Å². The highest BCUT2D eigenvalue weighted by Crippen LogP contribution is 2.39. The molecular weight excluding hydrogens is 471 g/mol. The minimum Gasteiger partial charge on any atom is -0.506 e. The number of hydrogen-bond acceptors (Lipinski definition) is 5. The van der Waals surface area contributed by atoms with Gasteiger partial charge < -0.3 is 14.3 Å².